The van der Waals surface area contributed by atoms with E-state index in [4.69, 9.17) is 9.15 Å². The summed E-state index contributed by atoms with van der Waals surface area (Å²) in [5.41, 5.74) is 0.690. The maximum atomic E-state index is 11.8. The van der Waals surface area contributed by atoms with E-state index in [2.05, 4.69) is 10.4 Å². The fraction of sp³-hybridized carbons (Fsp3) is 0.333. The van der Waals surface area contributed by atoms with Crippen LogP contribution in [0.3, 0.4) is 0 Å². The van der Waals surface area contributed by atoms with Crippen molar-refractivity contribution < 1.29 is 13.9 Å². The molecule has 21 heavy (non-hydrogen) atoms. The first-order valence-corrected chi connectivity index (χ1v) is 6.96. The number of nitrogens with one attached hydrogen (secondary N) is 1. The molecular weight excluding hydrogens is 270 g/mol. The van der Waals surface area contributed by atoms with Crippen LogP contribution in [0.2, 0.25) is 0 Å². The number of amides is 1. The topological polar surface area (TPSA) is 69.3 Å². The Morgan fingerprint density at radius 2 is 2.29 bits per heavy atom. The molecule has 0 aromatic carbocycles. The Bertz CT molecular complexity index is 610. The van der Waals surface area contributed by atoms with E-state index in [0.29, 0.717) is 17.5 Å². The zero-order valence-corrected chi connectivity index (χ0v) is 11.6. The van der Waals surface area contributed by atoms with E-state index in [0.717, 1.165) is 26.1 Å². The summed E-state index contributed by atoms with van der Waals surface area (Å²) >= 11 is 0. The van der Waals surface area contributed by atoms with Gasteiger partial charge in [-0.3, -0.25) is 9.48 Å². The van der Waals surface area contributed by atoms with Crippen LogP contribution >= 0.6 is 0 Å². The Morgan fingerprint density at radius 3 is 3.05 bits per heavy atom. The molecule has 6 nitrogen and oxygen atoms in total. The first kappa shape index (κ1) is 13.6. The zero-order chi connectivity index (χ0) is 14.5. The number of carbonyl (C=O) groups is 1. The fourth-order valence-corrected chi connectivity index (χ4v) is 2.28. The maximum absolute atomic E-state index is 11.8. The van der Waals surface area contributed by atoms with E-state index in [-0.39, 0.29) is 5.91 Å². The molecule has 3 heterocycles. The second kappa shape index (κ2) is 6.41. The van der Waals surface area contributed by atoms with Crippen molar-refractivity contribution in [2.24, 2.45) is 0 Å². The van der Waals surface area contributed by atoms with Crippen LogP contribution in [0.1, 0.15) is 24.6 Å². The van der Waals surface area contributed by atoms with Crippen molar-refractivity contribution in [1.29, 1.82) is 0 Å². The highest BCUT2D eigenvalue weighted by molar-refractivity contribution is 6.01. The molecule has 110 valence electrons. The molecule has 2 aromatic heterocycles. The summed E-state index contributed by atoms with van der Waals surface area (Å²) in [5.74, 6) is 0.431. The summed E-state index contributed by atoms with van der Waals surface area (Å²) in [5, 5.41) is 7.09. The van der Waals surface area contributed by atoms with E-state index in [1.807, 2.05) is 10.9 Å². The maximum Gasteiger partial charge on any atom is 0.248 e. The molecule has 1 aliphatic heterocycles. The van der Waals surface area contributed by atoms with Gasteiger partial charge in [-0.05, 0) is 31.1 Å². The number of carbonyl (C=O) groups excluding carboxylic acids is 1. The molecule has 2 aromatic rings. The number of hydrogen-bond acceptors (Lipinski definition) is 4. The van der Waals surface area contributed by atoms with Crippen LogP contribution in [0.15, 0.2) is 41.3 Å². The van der Waals surface area contributed by atoms with Gasteiger partial charge in [-0.15, -0.1) is 0 Å². The number of furan rings is 1. The minimum atomic E-state index is -0.210. The Kier molecular flexibility index (Phi) is 4.16. The van der Waals surface area contributed by atoms with Crippen molar-refractivity contribution in [2.75, 3.05) is 18.5 Å². The Hall–Kier alpha value is -2.34. The van der Waals surface area contributed by atoms with Gasteiger partial charge < -0.3 is 14.5 Å². The van der Waals surface area contributed by atoms with Crippen LogP contribution in [0.4, 0.5) is 5.69 Å². The van der Waals surface area contributed by atoms with Gasteiger partial charge in [0.15, 0.2) is 0 Å². The standard InChI is InChI=1S/C15H17N3O3/c19-15(4-3-14-2-1-7-21-14)17-12-10-16-18(11-12)13-5-8-20-9-6-13/h1-4,7,10-11,13H,5-6,8-9H2,(H,17,19). The number of rotatable bonds is 4. The smallest absolute Gasteiger partial charge is 0.248 e. The van der Waals surface area contributed by atoms with E-state index in [9.17, 15) is 4.79 Å². The van der Waals surface area contributed by atoms with Crippen LogP contribution in [-0.4, -0.2) is 28.9 Å². The minimum absolute atomic E-state index is 0.210. The molecule has 0 unspecified atom stereocenters. The molecule has 0 bridgehead atoms. The van der Waals surface area contributed by atoms with Crippen LogP contribution in [-0.2, 0) is 9.53 Å². The van der Waals surface area contributed by atoms with Gasteiger partial charge in [0.25, 0.3) is 0 Å². The van der Waals surface area contributed by atoms with Crippen molar-refractivity contribution in [3.63, 3.8) is 0 Å². The third-order valence-corrected chi connectivity index (χ3v) is 3.38. The van der Waals surface area contributed by atoms with Gasteiger partial charge in [-0.25, -0.2) is 0 Å². The predicted octanol–water partition coefficient (Wildman–Crippen LogP) is 2.48. The number of aromatic nitrogens is 2. The molecule has 1 N–H and O–H groups in total. The number of nitrogens with zero attached hydrogens (tertiary/aromatic N) is 2. The van der Waals surface area contributed by atoms with Gasteiger partial charge in [0.2, 0.25) is 5.91 Å². The van der Waals surface area contributed by atoms with Crippen molar-refractivity contribution in [3.8, 4) is 0 Å². The van der Waals surface area contributed by atoms with Gasteiger partial charge in [-0.2, -0.15) is 5.10 Å². The molecule has 0 aliphatic carbocycles. The summed E-state index contributed by atoms with van der Waals surface area (Å²) in [6.45, 7) is 1.52. The quantitative estimate of drug-likeness (QED) is 0.877. The summed E-state index contributed by atoms with van der Waals surface area (Å²) in [6.07, 6.45) is 10.0. The van der Waals surface area contributed by atoms with Crippen molar-refractivity contribution in [1.82, 2.24) is 9.78 Å². The van der Waals surface area contributed by atoms with Crippen LogP contribution in [0, 0.1) is 0 Å². The molecule has 0 radical (unpaired) electrons. The zero-order valence-electron chi connectivity index (χ0n) is 11.6. The van der Waals surface area contributed by atoms with Gasteiger partial charge in [0.1, 0.15) is 5.76 Å². The second-order valence-electron chi connectivity index (χ2n) is 4.89. The summed E-state index contributed by atoms with van der Waals surface area (Å²) < 4.78 is 12.4. The van der Waals surface area contributed by atoms with E-state index >= 15 is 0 Å². The molecule has 3 rings (SSSR count). The highest BCUT2D eigenvalue weighted by Crippen LogP contribution is 2.21. The summed E-state index contributed by atoms with van der Waals surface area (Å²) in [4.78, 5) is 11.8. The molecule has 1 amide bonds. The summed E-state index contributed by atoms with van der Waals surface area (Å²) in [7, 11) is 0. The third-order valence-electron chi connectivity index (χ3n) is 3.38. The van der Waals surface area contributed by atoms with Gasteiger partial charge >= 0.3 is 0 Å². The van der Waals surface area contributed by atoms with E-state index < -0.39 is 0 Å². The van der Waals surface area contributed by atoms with Gasteiger partial charge in [0, 0.05) is 25.5 Å². The predicted molar refractivity (Wildman–Crippen MR) is 77.7 cm³/mol. The number of hydrogen-bond donors (Lipinski definition) is 1. The lowest BCUT2D eigenvalue weighted by atomic mass is 10.1. The second-order valence-corrected chi connectivity index (χ2v) is 4.89. The minimum Gasteiger partial charge on any atom is -0.465 e. The molecule has 1 aliphatic rings. The molecule has 0 atom stereocenters. The molecule has 1 fully saturated rings. The summed E-state index contributed by atoms with van der Waals surface area (Å²) in [6, 6.07) is 3.91. The SMILES string of the molecule is O=C(C=Cc1ccco1)Nc1cnn(C2CCOCC2)c1. The Labute approximate surface area is 122 Å². The van der Waals surface area contributed by atoms with Gasteiger partial charge in [-0.1, -0.05) is 0 Å². The van der Waals surface area contributed by atoms with Crippen LogP contribution in [0.5, 0.6) is 0 Å². The first-order chi connectivity index (χ1) is 10.3. The normalized spacial score (nSPS) is 16.4. The number of anilines is 1. The Balaban J connectivity index is 1.57. The first-order valence-electron chi connectivity index (χ1n) is 6.96. The highest BCUT2D eigenvalue weighted by Gasteiger charge is 2.16. The molecule has 6 heteroatoms. The molecule has 0 spiro atoms. The monoisotopic (exact) mass is 287 g/mol. The average molecular weight is 287 g/mol. The lowest BCUT2D eigenvalue weighted by Crippen LogP contribution is -2.19. The van der Waals surface area contributed by atoms with Crippen molar-refractivity contribution in [3.05, 3.63) is 42.6 Å². The van der Waals surface area contributed by atoms with Gasteiger partial charge in [0.05, 0.1) is 24.2 Å². The van der Waals surface area contributed by atoms with Crippen LogP contribution < -0.4 is 5.32 Å². The largest absolute Gasteiger partial charge is 0.465 e. The van der Waals surface area contributed by atoms with E-state index in [1.165, 1.54) is 6.08 Å². The van der Waals surface area contributed by atoms with Crippen molar-refractivity contribution in [2.45, 2.75) is 18.9 Å². The average Bonchev–Trinajstić information content (AvgIpc) is 3.17. The lowest BCUT2D eigenvalue weighted by molar-refractivity contribution is -0.111. The lowest BCUT2D eigenvalue weighted by Gasteiger charge is -2.22. The molecular formula is C15H17N3O3. The molecule has 1 saturated heterocycles. The molecule has 0 saturated carbocycles. The third kappa shape index (κ3) is 3.61. The van der Waals surface area contributed by atoms with Crippen molar-refractivity contribution >= 4 is 17.7 Å². The van der Waals surface area contributed by atoms with Crippen LogP contribution in [0.25, 0.3) is 6.08 Å². The number of ether oxygens (including phenoxy) is 1. The fourth-order valence-electron chi connectivity index (χ4n) is 2.28. The highest BCUT2D eigenvalue weighted by atomic mass is 16.5. The Morgan fingerprint density at radius 1 is 1.43 bits per heavy atom. The van der Waals surface area contributed by atoms with E-state index in [1.54, 1.807) is 30.7 Å².